The Morgan fingerprint density at radius 2 is 2.31 bits per heavy atom. The molecule has 3 nitrogen and oxygen atoms in total. The van der Waals surface area contributed by atoms with Crippen molar-refractivity contribution >= 4 is 33.2 Å². The van der Waals surface area contributed by atoms with Gasteiger partial charge in [-0.2, -0.15) is 0 Å². The predicted molar refractivity (Wildman–Crippen MR) is 70.5 cm³/mol. The Labute approximate surface area is 109 Å². The van der Waals surface area contributed by atoms with Crippen LogP contribution in [0.15, 0.2) is 22.7 Å². The summed E-state index contributed by atoms with van der Waals surface area (Å²) in [6, 6.07) is 5.69. The van der Waals surface area contributed by atoms with Crippen LogP contribution < -0.4 is 10.1 Å². The van der Waals surface area contributed by atoms with Gasteiger partial charge in [-0.15, -0.1) is 11.6 Å². The van der Waals surface area contributed by atoms with Crippen LogP contribution in [0.3, 0.4) is 0 Å². The van der Waals surface area contributed by atoms with Gasteiger partial charge in [0.25, 0.3) is 0 Å². The molecular formula is C11H15BrClNO2. The van der Waals surface area contributed by atoms with E-state index >= 15 is 0 Å². The number of aliphatic hydroxyl groups excluding tert-OH is 1. The standard InChI is InChI=1S/C11H15BrClNO2/c1-2-16-10-5-3-4-9(12)11(10)14-7-8(15)6-13/h3-5,8,14-15H,2,6-7H2,1H3. The Bertz CT molecular complexity index is 336. The average Bonchev–Trinajstić information content (AvgIpc) is 2.28. The number of hydrogen-bond acceptors (Lipinski definition) is 3. The topological polar surface area (TPSA) is 41.5 Å². The van der Waals surface area contributed by atoms with Gasteiger partial charge in [0.1, 0.15) is 5.75 Å². The Morgan fingerprint density at radius 3 is 2.94 bits per heavy atom. The minimum atomic E-state index is -0.566. The molecule has 1 unspecified atom stereocenters. The molecule has 0 saturated carbocycles. The maximum atomic E-state index is 9.38. The first-order valence-corrected chi connectivity index (χ1v) is 6.41. The maximum Gasteiger partial charge on any atom is 0.143 e. The van der Waals surface area contributed by atoms with Crippen molar-refractivity contribution in [2.45, 2.75) is 13.0 Å². The van der Waals surface area contributed by atoms with E-state index in [1.165, 1.54) is 0 Å². The third kappa shape index (κ3) is 3.85. The zero-order chi connectivity index (χ0) is 12.0. The molecule has 16 heavy (non-hydrogen) atoms. The second-order valence-electron chi connectivity index (χ2n) is 3.24. The Morgan fingerprint density at radius 1 is 1.56 bits per heavy atom. The first kappa shape index (κ1) is 13.6. The van der Waals surface area contributed by atoms with E-state index in [1.807, 2.05) is 25.1 Å². The molecule has 0 aliphatic heterocycles. The second kappa shape index (κ2) is 6.99. The second-order valence-corrected chi connectivity index (χ2v) is 4.40. The number of anilines is 1. The number of hydrogen-bond donors (Lipinski definition) is 2. The van der Waals surface area contributed by atoms with Crippen LogP contribution >= 0.6 is 27.5 Å². The summed E-state index contributed by atoms with van der Waals surface area (Å²) in [5.41, 5.74) is 0.841. The van der Waals surface area contributed by atoms with Crippen molar-refractivity contribution in [2.75, 3.05) is 24.3 Å². The van der Waals surface area contributed by atoms with E-state index in [2.05, 4.69) is 21.2 Å². The lowest BCUT2D eigenvalue weighted by Crippen LogP contribution is -2.21. The lowest BCUT2D eigenvalue weighted by Gasteiger charge is -2.15. The molecule has 1 aromatic rings. The molecular weight excluding hydrogens is 293 g/mol. The molecule has 1 rings (SSSR count). The first-order chi connectivity index (χ1) is 7.69. The summed E-state index contributed by atoms with van der Waals surface area (Å²) in [6.45, 7) is 2.92. The van der Waals surface area contributed by atoms with Crippen molar-refractivity contribution in [3.8, 4) is 5.75 Å². The molecule has 2 N–H and O–H groups in total. The van der Waals surface area contributed by atoms with Gasteiger partial charge in [0.05, 0.1) is 24.3 Å². The molecule has 0 spiro atoms. The van der Waals surface area contributed by atoms with Gasteiger partial charge < -0.3 is 15.2 Å². The molecule has 0 aliphatic rings. The van der Waals surface area contributed by atoms with Crippen LogP contribution in [0.5, 0.6) is 5.75 Å². The zero-order valence-electron chi connectivity index (χ0n) is 9.04. The Kier molecular flexibility index (Phi) is 5.95. The highest BCUT2D eigenvalue weighted by molar-refractivity contribution is 9.10. The van der Waals surface area contributed by atoms with Gasteiger partial charge in [-0.3, -0.25) is 0 Å². The van der Waals surface area contributed by atoms with Crippen LogP contribution in [0.25, 0.3) is 0 Å². The average molecular weight is 309 g/mol. The van der Waals surface area contributed by atoms with Gasteiger partial charge in [-0.1, -0.05) is 6.07 Å². The normalized spacial score (nSPS) is 12.2. The van der Waals surface area contributed by atoms with Crippen LogP contribution in [0.1, 0.15) is 6.92 Å². The van der Waals surface area contributed by atoms with Crippen molar-refractivity contribution in [2.24, 2.45) is 0 Å². The molecule has 0 radical (unpaired) electrons. The van der Waals surface area contributed by atoms with Crippen LogP contribution in [0.2, 0.25) is 0 Å². The van der Waals surface area contributed by atoms with Gasteiger partial charge in [0.2, 0.25) is 0 Å². The summed E-state index contributed by atoms with van der Waals surface area (Å²) in [7, 11) is 0. The van der Waals surface area contributed by atoms with E-state index in [0.29, 0.717) is 13.2 Å². The Balaban J connectivity index is 2.75. The van der Waals surface area contributed by atoms with Crippen molar-refractivity contribution in [3.63, 3.8) is 0 Å². The number of halogens is 2. The molecule has 0 aliphatic carbocycles. The summed E-state index contributed by atoms with van der Waals surface area (Å²) in [5, 5.41) is 12.5. The molecule has 1 aromatic carbocycles. The van der Waals surface area contributed by atoms with Crippen molar-refractivity contribution < 1.29 is 9.84 Å². The number of para-hydroxylation sites is 1. The fourth-order valence-corrected chi connectivity index (χ4v) is 1.82. The minimum Gasteiger partial charge on any atom is -0.492 e. The summed E-state index contributed by atoms with van der Waals surface area (Å²) >= 11 is 8.96. The molecule has 1 atom stereocenters. The van der Waals surface area contributed by atoms with Gasteiger partial charge in [0, 0.05) is 11.0 Å². The third-order valence-corrected chi connectivity index (χ3v) is 2.98. The predicted octanol–water partition coefficient (Wildman–Crippen LogP) is 2.86. The smallest absolute Gasteiger partial charge is 0.143 e. The number of ether oxygens (including phenoxy) is 1. The van der Waals surface area contributed by atoms with Crippen molar-refractivity contribution in [1.82, 2.24) is 0 Å². The van der Waals surface area contributed by atoms with E-state index < -0.39 is 6.10 Å². The Hall–Kier alpha value is -0.450. The SMILES string of the molecule is CCOc1cccc(Br)c1NCC(O)CCl. The van der Waals surface area contributed by atoms with Gasteiger partial charge in [0.15, 0.2) is 0 Å². The number of alkyl halides is 1. The quantitative estimate of drug-likeness (QED) is 0.794. The monoisotopic (exact) mass is 307 g/mol. The van der Waals surface area contributed by atoms with Crippen LogP contribution in [0, 0.1) is 0 Å². The molecule has 90 valence electrons. The van der Waals surface area contributed by atoms with Crippen LogP contribution in [-0.2, 0) is 0 Å². The lowest BCUT2D eigenvalue weighted by molar-refractivity contribution is 0.211. The minimum absolute atomic E-state index is 0.210. The van der Waals surface area contributed by atoms with Gasteiger partial charge in [-0.25, -0.2) is 0 Å². The molecule has 0 bridgehead atoms. The first-order valence-electron chi connectivity index (χ1n) is 5.08. The molecule has 0 fully saturated rings. The summed E-state index contributed by atoms with van der Waals surface area (Å²) in [4.78, 5) is 0. The van der Waals surface area contributed by atoms with E-state index in [-0.39, 0.29) is 5.88 Å². The number of benzene rings is 1. The van der Waals surface area contributed by atoms with Crippen molar-refractivity contribution in [3.05, 3.63) is 22.7 Å². The third-order valence-electron chi connectivity index (χ3n) is 1.97. The van der Waals surface area contributed by atoms with E-state index in [1.54, 1.807) is 0 Å². The highest BCUT2D eigenvalue weighted by Crippen LogP contribution is 2.32. The summed E-state index contributed by atoms with van der Waals surface area (Å²) < 4.78 is 6.38. The van der Waals surface area contributed by atoms with Gasteiger partial charge in [-0.05, 0) is 35.0 Å². The molecule has 5 heteroatoms. The molecule has 0 aromatic heterocycles. The number of rotatable bonds is 6. The van der Waals surface area contributed by atoms with Crippen molar-refractivity contribution in [1.29, 1.82) is 0 Å². The van der Waals surface area contributed by atoms with E-state index in [4.69, 9.17) is 16.3 Å². The highest BCUT2D eigenvalue weighted by atomic mass is 79.9. The fraction of sp³-hybridized carbons (Fsp3) is 0.455. The molecule has 0 amide bonds. The zero-order valence-corrected chi connectivity index (χ0v) is 11.4. The molecule has 0 heterocycles. The largest absolute Gasteiger partial charge is 0.492 e. The maximum absolute atomic E-state index is 9.38. The molecule has 0 saturated heterocycles. The van der Waals surface area contributed by atoms with Crippen LogP contribution in [0.4, 0.5) is 5.69 Å². The van der Waals surface area contributed by atoms with Gasteiger partial charge >= 0.3 is 0 Å². The van der Waals surface area contributed by atoms with E-state index in [0.717, 1.165) is 15.9 Å². The number of nitrogens with one attached hydrogen (secondary N) is 1. The highest BCUT2D eigenvalue weighted by Gasteiger charge is 2.09. The summed E-state index contributed by atoms with van der Waals surface area (Å²) in [6.07, 6.45) is -0.566. The van der Waals surface area contributed by atoms with Crippen LogP contribution in [-0.4, -0.2) is 30.2 Å². The van der Waals surface area contributed by atoms with E-state index in [9.17, 15) is 5.11 Å². The summed E-state index contributed by atoms with van der Waals surface area (Å²) in [5.74, 6) is 0.972. The number of aliphatic hydroxyl groups is 1. The lowest BCUT2D eigenvalue weighted by atomic mass is 10.2. The fourth-order valence-electron chi connectivity index (χ4n) is 1.23.